The minimum absolute atomic E-state index is 0.402. The molecule has 11 aromatic carbocycles. The number of allylic oxidation sites excluding steroid dienone is 4. The summed E-state index contributed by atoms with van der Waals surface area (Å²) in [4.78, 5) is 0. The van der Waals surface area contributed by atoms with Crippen LogP contribution in [0.25, 0.3) is 83.5 Å². The summed E-state index contributed by atoms with van der Waals surface area (Å²) in [5, 5.41) is 0. The molecule has 0 saturated carbocycles. The van der Waals surface area contributed by atoms with Gasteiger partial charge in [0.25, 0.3) is 0 Å². The zero-order valence-corrected chi connectivity index (χ0v) is 41.2. The lowest BCUT2D eigenvalue weighted by molar-refractivity contribution is 0.782. The standard InChI is InChI=1S/C75H46/c1-9-25-61-49(17-1)50-18-2-10-26-62(50)73(61)65-29-13-7-23-55(65)57-37-33-45(41-69(57)73)47-35-39-59-60-40-36-48(44-72(60)75(71(59)43-47)67-31-15-5-21-53(67)54-22-6-16-32-68(54)75)46-34-38-58-56-24-8-14-30-66(56)74(70(58)42-46)63-27-11-3-19-51(63)52-20-4-12-28-64(52)74/h1-5,7-15,17-44H,6,16H2. The summed E-state index contributed by atoms with van der Waals surface area (Å²) in [6.07, 6.45) is 7.20. The molecular formula is C75H46. The summed E-state index contributed by atoms with van der Waals surface area (Å²) in [5.41, 5.74) is 36.4. The highest BCUT2D eigenvalue weighted by Crippen LogP contribution is 2.68. The van der Waals surface area contributed by atoms with E-state index in [2.05, 4.69) is 255 Å². The van der Waals surface area contributed by atoms with Crippen LogP contribution in [-0.2, 0) is 16.2 Å². The van der Waals surface area contributed by atoms with E-state index in [1.807, 2.05) is 0 Å². The van der Waals surface area contributed by atoms with E-state index < -0.39 is 16.2 Å². The minimum Gasteiger partial charge on any atom is -0.0788 e. The highest BCUT2D eigenvalue weighted by Gasteiger charge is 2.56. The number of rotatable bonds is 2. The average Bonchev–Trinajstić information content (AvgIpc) is 4.45. The molecule has 0 heteroatoms. The van der Waals surface area contributed by atoms with Crippen molar-refractivity contribution in [2.45, 2.75) is 29.1 Å². The van der Waals surface area contributed by atoms with E-state index in [-0.39, 0.29) is 0 Å². The van der Waals surface area contributed by atoms with Crippen molar-refractivity contribution < 1.29 is 0 Å². The first-order valence-corrected chi connectivity index (χ1v) is 26.9. The zero-order valence-electron chi connectivity index (χ0n) is 41.2. The van der Waals surface area contributed by atoms with Gasteiger partial charge in [0.1, 0.15) is 0 Å². The Kier molecular flexibility index (Phi) is 7.61. The van der Waals surface area contributed by atoms with Crippen LogP contribution in [0.2, 0.25) is 0 Å². The average molecular weight is 947 g/mol. The molecule has 3 spiro atoms. The van der Waals surface area contributed by atoms with Crippen LogP contribution in [0.15, 0.2) is 260 Å². The Morgan fingerprint density at radius 2 is 0.440 bits per heavy atom. The lowest BCUT2D eigenvalue weighted by atomic mass is 9.68. The van der Waals surface area contributed by atoms with Gasteiger partial charge in [-0.1, -0.05) is 231 Å². The molecule has 0 heterocycles. The molecule has 11 aromatic rings. The smallest absolute Gasteiger partial charge is 0.0725 e. The summed E-state index contributed by atoms with van der Waals surface area (Å²) >= 11 is 0. The van der Waals surface area contributed by atoms with E-state index in [9.17, 15) is 0 Å². The largest absolute Gasteiger partial charge is 0.0788 e. The van der Waals surface area contributed by atoms with Crippen LogP contribution in [0.3, 0.4) is 0 Å². The molecule has 0 radical (unpaired) electrons. The van der Waals surface area contributed by atoms with Crippen molar-refractivity contribution in [1.82, 2.24) is 0 Å². The van der Waals surface area contributed by atoms with Crippen molar-refractivity contribution in [2.24, 2.45) is 0 Å². The van der Waals surface area contributed by atoms with E-state index in [0.29, 0.717) is 0 Å². The van der Waals surface area contributed by atoms with Gasteiger partial charge in [-0.15, -0.1) is 0 Å². The lowest BCUT2D eigenvalue weighted by Crippen LogP contribution is -2.26. The molecule has 0 aliphatic heterocycles. The topological polar surface area (TPSA) is 0 Å². The van der Waals surface area contributed by atoms with Crippen LogP contribution >= 0.6 is 0 Å². The molecule has 346 valence electrons. The summed E-state index contributed by atoms with van der Waals surface area (Å²) in [5.74, 6) is 0. The van der Waals surface area contributed by atoms with Crippen LogP contribution in [-0.4, -0.2) is 0 Å². The summed E-state index contributed by atoms with van der Waals surface area (Å²) in [6, 6.07) is 93.8. The Labute approximate surface area is 437 Å². The number of hydrogen-bond acceptors (Lipinski definition) is 0. The maximum atomic E-state index is 2.59. The molecule has 7 aliphatic carbocycles. The van der Waals surface area contributed by atoms with Gasteiger partial charge in [0, 0.05) is 0 Å². The molecule has 0 nitrogen and oxygen atoms in total. The van der Waals surface area contributed by atoms with E-state index in [0.717, 1.165) is 12.8 Å². The van der Waals surface area contributed by atoms with Gasteiger partial charge in [0.15, 0.2) is 0 Å². The van der Waals surface area contributed by atoms with E-state index in [1.54, 1.807) is 0 Å². The van der Waals surface area contributed by atoms with Crippen molar-refractivity contribution in [1.29, 1.82) is 0 Å². The second-order valence-electron chi connectivity index (χ2n) is 21.9. The van der Waals surface area contributed by atoms with E-state index in [4.69, 9.17) is 0 Å². The van der Waals surface area contributed by atoms with Gasteiger partial charge < -0.3 is 0 Å². The third-order valence-corrected chi connectivity index (χ3v) is 19.0. The van der Waals surface area contributed by atoms with Crippen molar-refractivity contribution in [3.63, 3.8) is 0 Å². The molecule has 0 aromatic heterocycles. The second-order valence-corrected chi connectivity index (χ2v) is 21.9. The van der Waals surface area contributed by atoms with Crippen LogP contribution in [0.5, 0.6) is 0 Å². The maximum Gasteiger partial charge on any atom is 0.0725 e. The molecule has 0 unspecified atom stereocenters. The van der Waals surface area contributed by atoms with Gasteiger partial charge in [0.2, 0.25) is 0 Å². The van der Waals surface area contributed by atoms with Gasteiger partial charge in [0.05, 0.1) is 16.2 Å². The Morgan fingerprint density at radius 3 is 0.760 bits per heavy atom. The summed E-state index contributed by atoms with van der Waals surface area (Å²) in [6.45, 7) is 0. The number of hydrogen-bond donors (Lipinski definition) is 0. The quantitative estimate of drug-likeness (QED) is 0.162. The van der Waals surface area contributed by atoms with Gasteiger partial charge in [-0.25, -0.2) is 0 Å². The molecule has 0 N–H and O–H groups in total. The highest BCUT2D eigenvalue weighted by molar-refractivity contribution is 6.03. The Morgan fingerprint density at radius 1 is 0.200 bits per heavy atom. The normalized spacial score (nSPS) is 16.4. The highest BCUT2D eigenvalue weighted by atomic mass is 14.6. The van der Waals surface area contributed by atoms with Gasteiger partial charge in [-0.3, -0.25) is 0 Å². The fourth-order valence-electron chi connectivity index (χ4n) is 16.3. The first-order valence-electron chi connectivity index (χ1n) is 26.9. The third kappa shape index (κ3) is 4.65. The van der Waals surface area contributed by atoms with Gasteiger partial charge in [-0.2, -0.15) is 0 Å². The number of benzene rings is 11. The Balaban J connectivity index is 0.847. The molecule has 75 heavy (non-hydrogen) atoms. The van der Waals surface area contributed by atoms with Crippen LogP contribution < -0.4 is 0 Å². The van der Waals surface area contributed by atoms with Crippen LogP contribution in [0.4, 0.5) is 0 Å². The third-order valence-electron chi connectivity index (χ3n) is 19.0. The lowest BCUT2D eigenvalue weighted by Gasteiger charge is -2.32. The number of fused-ring (bicyclic) bond motifs is 30. The molecule has 7 aliphatic rings. The molecule has 0 fully saturated rings. The van der Waals surface area contributed by atoms with Gasteiger partial charge in [-0.05, 0) is 193 Å². The first kappa shape index (κ1) is 40.4. The summed E-state index contributed by atoms with van der Waals surface area (Å²) in [7, 11) is 0. The fraction of sp³-hybridized carbons (Fsp3) is 0.0667. The zero-order chi connectivity index (χ0) is 48.8. The SMILES string of the molecule is C1=C2C(=CCC1)C1(c3ccccc32)c2cc(-c3ccc4c(c3)C3(c5ccccc5-c5ccccc53)c3ccccc3-4)ccc2-c2ccc(-c3ccc4c(c3)C3(c5ccccc5-c5ccccc53)c3ccccc3-4)cc21. The molecule has 0 amide bonds. The van der Waals surface area contributed by atoms with Crippen molar-refractivity contribution in [3.8, 4) is 77.9 Å². The molecule has 0 atom stereocenters. The summed E-state index contributed by atoms with van der Waals surface area (Å²) < 4.78 is 0. The van der Waals surface area contributed by atoms with Crippen LogP contribution in [0.1, 0.15) is 79.6 Å². The molecule has 0 saturated heterocycles. The van der Waals surface area contributed by atoms with Crippen molar-refractivity contribution in [3.05, 3.63) is 327 Å². The Bertz CT molecular complexity index is 4120. The molecular weight excluding hydrogens is 901 g/mol. The Hall–Kier alpha value is -9.10. The maximum absolute atomic E-state index is 2.59. The second kappa shape index (κ2) is 14.1. The minimum atomic E-state index is -0.478. The fourth-order valence-corrected chi connectivity index (χ4v) is 16.3. The predicted molar refractivity (Wildman–Crippen MR) is 307 cm³/mol. The molecule has 0 bridgehead atoms. The van der Waals surface area contributed by atoms with Crippen LogP contribution in [0, 0.1) is 0 Å². The van der Waals surface area contributed by atoms with E-state index in [1.165, 1.54) is 156 Å². The first-order chi connectivity index (χ1) is 37.2. The predicted octanol–water partition coefficient (Wildman–Crippen LogP) is 18.1. The van der Waals surface area contributed by atoms with Gasteiger partial charge >= 0.3 is 0 Å². The monoisotopic (exact) mass is 946 g/mol. The van der Waals surface area contributed by atoms with Crippen molar-refractivity contribution >= 4 is 5.57 Å². The van der Waals surface area contributed by atoms with Crippen molar-refractivity contribution in [2.75, 3.05) is 0 Å². The van der Waals surface area contributed by atoms with E-state index >= 15 is 0 Å². The molecule has 18 rings (SSSR count).